The highest BCUT2D eigenvalue weighted by atomic mass is 16.6. The quantitative estimate of drug-likeness (QED) is 0.710. The molecule has 0 saturated carbocycles. The molecule has 0 unspecified atom stereocenters. The molecule has 0 aromatic carbocycles. The maximum atomic E-state index is 11.7. The van der Waals surface area contributed by atoms with Crippen LogP contribution in [0, 0.1) is 0 Å². The third-order valence-corrected chi connectivity index (χ3v) is 2.51. The maximum absolute atomic E-state index is 11.7. The van der Waals surface area contributed by atoms with Gasteiger partial charge in [-0.25, -0.2) is 9.59 Å². The van der Waals surface area contributed by atoms with E-state index in [0.717, 1.165) is 12.8 Å². The predicted octanol–water partition coefficient (Wildman–Crippen LogP) is 2.08. The number of ether oxygens (including phenoxy) is 2. The summed E-state index contributed by atoms with van der Waals surface area (Å²) in [5.74, 6) is 0.0992. The number of rotatable bonds is 3. The van der Waals surface area contributed by atoms with E-state index < -0.39 is 6.09 Å². The molecule has 0 saturated heterocycles. The van der Waals surface area contributed by atoms with Gasteiger partial charge in [-0.15, -0.1) is 0 Å². The van der Waals surface area contributed by atoms with Gasteiger partial charge in [-0.1, -0.05) is 0 Å². The van der Waals surface area contributed by atoms with Gasteiger partial charge in [0.2, 0.25) is 0 Å². The molecule has 1 rings (SSSR count). The van der Waals surface area contributed by atoms with Crippen LogP contribution in [0.2, 0.25) is 0 Å². The van der Waals surface area contributed by atoms with E-state index in [2.05, 4.69) is 0 Å². The van der Waals surface area contributed by atoms with E-state index in [9.17, 15) is 9.59 Å². The fourth-order valence-corrected chi connectivity index (χ4v) is 1.62. The highest BCUT2D eigenvalue weighted by Gasteiger charge is 2.23. The Bertz CT molecular complexity index is 333. The number of nitrogens with zero attached hydrogens (tertiary/aromatic N) is 1. The Morgan fingerprint density at radius 3 is 2.47 bits per heavy atom. The molecule has 1 amide bonds. The van der Waals surface area contributed by atoms with Crippen LogP contribution in [-0.4, -0.2) is 37.7 Å². The van der Waals surface area contributed by atoms with Gasteiger partial charge in [-0.05, 0) is 26.2 Å². The van der Waals surface area contributed by atoms with E-state index in [-0.39, 0.29) is 5.97 Å². The summed E-state index contributed by atoms with van der Waals surface area (Å²) in [6, 6.07) is 0. The molecule has 5 nitrogen and oxygen atoms in total. The fourth-order valence-electron chi connectivity index (χ4n) is 1.62. The van der Waals surface area contributed by atoms with Crippen LogP contribution < -0.4 is 0 Å². The molecule has 0 bridgehead atoms. The first-order chi connectivity index (χ1) is 8.06. The van der Waals surface area contributed by atoms with Gasteiger partial charge in [-0.3, -0.25) is 0 Å². The first-order valence-corrected chi connectivity index (χ1v) is 5.84. The monoisotopic (exact) mass is 241 g/mol. The van der Waals surface area contributed by atoms with Crippen molar-refractivity contribution in [2.45, 2.75) is 32.6 Å². The summed E-state index contributed by atoms with van der Waals surface area (Å²) in [7, 11) is 3.21. The van der Waals surface area contributed by atoms with Crippen LogP contribution in [-0.2, 0) is 14.3 Å². The Labute approximate surface area is 101 Å². The van der Waals surface area contributed by atoms with Gasteiger partial charge in [-0.2, -0.15) is 0 Å². The lowest BCUT2D eigenvalue weighted by Crippen LogP contribution is -2.24. The van der Waals surface area contributed by atoms with E-state index in [1.54, 1.807) is 21.0 Å². The van der Waals surface area contributed by atoms with Crippen molar-refractivity contribution in [2.75, 3.05) is 20.7 Å². The second-order valence-corrected chi connectivity index (χ2v) is 4.09. The van der Waals surface area contributed by atoms with Crippen LogP contribution in [0.1, 0.15) is 32.6 Å². The zero-order valence-corrected chi connectivity index (χ0v) is 10.6. The molecule has 0 atom stereocenters. The average Bonchev–Trinajstić information content (AvgIpc) is 2.29. The van der Waals surface area contributed by atoms with E-state index in [4.69, 9.17) is 9.47 Å². The van der Waals surface area contributed by atoms with Gasteiger partial charge in [0.15, 0.2) is 0 Å². The number of amides is 1. The molecule has 0 fully saturated rings. The number of hydrogen-bond donors (Lipinski definition) is 0. The molecule has 0 radical (unpaired) electrons. The number of hydrogen-bond acceptors (Lipinski definition) is 4. The number of allylic oxidation sites excluding steroid dienone is 1. The Morgan fingerprint density at radius 1 is 1.24 bits per heavy atom. The van der Waals surface area contributed by atoms with Crippen molar-refractivity contribution in [3.05, 3.63) is 11.3 Å². The highest BCUT2D eigenvalue weighted by molar-refractivity contribution is 5.89. The van der Waals surface area contributed by atoms with E-state index in [1.807, 2.05) is 0 Å². The third kappa shape index (κ3) is 3.76. The predicted molar refractivity (Wildman–Crippen MR) is 62.3 cm³/mol. The maximum Gasteiger partial charge on any atom is 0.414 e. The molecule has 0 aromatic rings. The summed E-state index contributed by atoms with van der Waals surface area (Å²) < 4.78 is 10.2. The highest BCUT2D eigenvalue weighted by Crippen LogP contribution is 2.26. The van der Waals surface area contributed by atoms with Crippen molar-refractivity contribution in [1.82, 2.24) is 4.90 Å². The third-order valence-electron chi connectivity index (χ3n) is 2.51. The van der Waals surface area contributed by atoms with Crippen LogP contribution in [0.3, 0.4) is 0 Å². The minimum atomic E-state index is -0.455. The van der Waals surface area contributed by atoms with Crippen molar-refractivity contribution in [3.8, 4) is 0 Å². The Balaban J connectivity index is 2.80. The van der Waals surface area contributed by atoms with Crippen molar-refractivity contribution < 1.29 is 19.1 Å². The van der Waals surface area contributed by atoms with Crippen LogP contribution in [0.5, 0.6) is 0 Å². The molecule has 0 aliphatic heterocycles. The van der Waals surface area contributed by atoms with Gasteiger partial charge in [0.05, 0.1) is 12.2 Å². The zero-order chi connectivity index (χ0) is 12.8. The van der Waals surface area contributed by atoms with E-state index >= 15 is 0 Å². The molecule has 1 aliphatic carbocycles. The van der Waals surface area contributed by atoms with Crippen LogP contribution in [0.25, 0.3) is 0 Å². The molecular weight excluding hydrogens is 222 g/mol. The minimum absolute atomic E-state index is 0.331. The molecule has 0 N–H and O–H groups in total. The molecule has 0 aromatic heterocycles. The summed E-state index contributed by atoms with van der Waals surface area (Å²) >= 11 is 0. The first kappa shape index (κ1) is 13.5. The second-order valence-electron chi connectivity index (χ2n) is 4.09. The first-order valence-electron chi connectivity index (χ1n) is 5.84. The molecule has 0 heterocycles. The number of carbonyl (C=O) groups is 2. The van der Waals surface area contributed by atoms with E-state index in [1.165, 1.54) is 4.90 Å². The van der Waals surface area contributed by atoms with E-state index in [0.29, 0.717) is 30.8 Å². The van der Waals surface area contributed by atoms with Crippen LogP contribution >= 0.6 is 0 Å². The Kier molecular flexibility index (Phi) is 5.00. The number of esters is 1. The lowest BCUT2D eigenvalue weighted by molar-refractivity contribution is -0.139. The van der Waals surface area contributed by atoms with Gasteiger partial charge in [0.1, 0.15) is 5.76 Å². The molecule has 0 spiro atoms. The SMILES string of the molecule is CCOC(=O)C1=C(OC(=O)N(C)C)CCCC1. The van der Waals surface area contributed by atoms with Gasteiger partial charge < -0.3 is 14.4 Å². The smallest absolute Gasteiger partial charge is 0.414 e. The Morgan fingerprint density at radius 2 is 1.88 bits per heavy atom. The Hall–Kier alpha value is -1.52. The molecule has 96 valence electrons. The lowest BCUT2D eigenvalue weighted by atomic mass is 9.98. The topological polar surface area (TPSA) is 55.8 Å². The summed E-state index contributed by atoms with van der Waals surface area (Å²) in [5.41, 5.74) is 0.508. The standard InChI is InChI=1S/C12H19NO4/c1-4-16-11(14)9-7-5-6-8-10(9)17-12(15)13(2)3/h4-8H2,1-3H3. The number of carbonyl (C=O) groups excluding carboxylic acids is 2. The fraction of sp³-hybridized carbons (Fsp3) is 0.667. The minimum Gasteiger partial charge on any atom is -0.463 e. The van der Waals surface area contributed by atoms with Crippen molar-refractivity contribution >= 4 is 12.1 Å². The van der Waals surface area contributed by atoms with Crippen molar-refractivity contribution in [2.24, 2.45) is 0 Å². The summed E-state index contributed by atoms with van der Waals surface area (Å²) in [4.78, 5) is 24.5. The molecule has 1 aliphatic rings. The molecular formula is C12H19NO4. The zero-order valence-electron chi connectivity index (χ0n) is 10.6. The van der Waals surface area contributed by atoms with Gasteiger partial charge in [0.25, 0.3) is 0 Å². The average molecular weight is 241 g/mol. The summed E-state index contributed by atoms with van der Waals surface area (Å²) in [6.45, 7) is 2.09. The summed E-state index contributed by atoms with van der Waals surface area (Å²) in [6.07, 6.45) is 2.64. The second kappa shape index (κ2) is 6.27. The summed E-state index contributed by atoms with van der Waals surface area (Å²) in [5, 5.41) is 0. The molecule has 17 heavy (non-hydrogen) atoms. The largest absolute Gasteiger partial charge is 0.463 e. The molecule has 5 heteroatoms. The van der Waals surface area contributed by atoms with Crippen LogP contribution in [0.4, 0.5) is 4.79 Å². The van der Waals surface area contributed by atoms with Crippen molar-refractivity contribution in [3.63, 3.8) is 0 Å². The van der Waals surface area contributed by atoms with Crippen molar-refractivity contribution in [1.29, 1.82) is 0 Å². The van der Waals surface area contributed by atoms with Crippen LogP contribution in [0.15, 0.2) is 11.3 Å². The normalized spacial score (nSPS) is 15.5. The van der Waals surface area contributed by atoms with Gasteiger partial charge >= 0.3 is 12.1 Å². The van der Waals surface area contributed by atoms with Gasteiger partial charge in [0, 0.05) is 20.5 Å². The lowest BCUT2D eigenvalue weighted by Gasteiger charge is -2.20.